The fraction of sp³-hybridized carbons (Fsp3) is 0.316. The van der Waals surface area contributed by atoms with Crippen molar-refractivity contribution >= 4 is 22.8 Å². The van der Waals surface area contributed by atoms with Gasteiger partial charge in [0.1, 0.15) is 5.69 Å². The molecule has 2 N–H and O–H groups in total. The summed E-state index contributed by atoms with van der Waals surface area (Å²) < 4.78 is 6.01. The van der Waals surface area contributed by atoms with Gasteiger partial charge in [-0.15, -0.1) is 0 Å². The molecule has 0 saturated heterocycles. The van der Waals surface area contributed by atoms with Gasteiger partial charge in [-0.2, -0.15) is 5.10 Å². The van der Waals surface area contributed by atoms with Crippen molar-refractivity contribution in [2.75, 3.05) is 7.11 Å². The highest BCUT2D eigenvalue weighted by Crippen LogP contribution is 2.26. The Morgan fingerprint density at radius 2 is 1.96 bits per heavy atom. The summed E-state index contributed by atoms with van der Waals surface area (Å²) in [5, 5.41) is 8.08. The Bertz CT molecular complexity index is 1010. The summed E-state index contributed by atoms with van der Waals surface area (Å²) in [6, 6.07) is 5.63. The third kappa shape index (κ3) is 3.08. The fourth-order valence-corrected chi connectivity index (χ4v) is 3.08. The predicted molar refractivity (Wildman–Crippen MR) is 98.2 cm³/mol. The minimum atomic E-state index is -0.572. The van der Waals surface area contributed by atoms with E-state index in [0.29, 0.717) is 12.2 Å². The molecule has 7 nitrogen and oxygen atoms in total. The van der Waals surface area contributed by atoms with Gasteiger partial charge in [0.15, 0.2) is 5.69 Å². The van der Waals surface area contributed by atoms with Crippen molar-refractivity contribution in [2.45, 2.75) is 27.3 Å². The van der Waals surface area contributed by atoms with Crippen LogP contribution < -0.4 is 5.32 Å². The van der Waals surface area contributed by atoms with Crippen LogP contribution in [0, 0.1) is 20.8 Å². The van der Waals surface area contributed by atoms with Crippen LogP contribution in [-0.2, 0) is 18.3 Å². The van der Waals surface area contributed by atoms with Crippen molar-refractivity contribution in [1.29, 1.82) is 0 Å². The highest BCUT2D eigenvalue weighted by atomic mass is 16.5. The molecular weight excluding hydrogens is 332 g/mol. The maximum Gasteiger partial charge on any atom is 0.358 e. The van der Waals surface area contributed by atoms with Gasteiger partial charge >= 0.3 is 5.97 Å². The SMILES string of the molecule is COC(=O)c1cc(C(=O)NCc2cc(C)cc3c(C)c(C)[nH]c23)n(C)n1. The van der Waals surface area contributed by atoms with Gasteiger partial charge in [0.25, 0.3) is 5.91 Å². The number of aromatic amines is 1. The molecule has 0 saturated carbocycles. The molecule has 3 rings (SSSR count). The number of fused-ring (bicyclic) bond motifs is 1. The van der Waals surface area contributed by atoms with Gasteiger partial charge in [-0.1, -0.05) is 11.6 Å². The van der Waals surface area contributed by atoms with E-state index < -0.39 is 5.97 Å². The maximum absolute atomic E-state index is 12.5. The van der Waals surface area contributed by atoms with E-state index in [1.54, 1.807) is 7.05 Å². The fourth-order valence-electron chi connectivity index (χ4n) is 3.08. The van der Waals surface area contributed by atoms with Crippen LogP contribution in [0.4, 0.5) is 0 Å². The zero-order chi connectivity index (χ0) is 19.0. The number of methoxy groups -OCH3 is 1. The number of aromatic nitrogens is 3. The smallest absolute Gasteiger partial charge is 0.358 e. The van der Waals surface area contributed by atoms with Gasteiger partial charge in [0.2, 0.25) is 0 Å². The van der Waals surface area contributed by atoms with Gasteiger partial charge in [-0.25, -0.2) is 4.79 Å². The molecule has 0 aliphatic rings. The van der Waals surface area contributed by atoms with Crippen molar-refractivity contribution in [1.82, 2.24) is 20.1 Å². The van der Waals surface area contributed by atoms with Gasteiger partial charge < -0.3 is 15.0 Å². The van der Waals surface area contributed by atoms with Crippen LogP contribution in [0.2, 0.25) is 0 Å². The Morgan fingerprint density at radius 1 is 1.23 bits per heavy atom. The normalized spacial score (nSPS) is 11.0. The van der Waals surface area contributed by atoms with Crippen molar-refractivity contribution in [3.05, 3.63) is 52.0 Å². The lowest BCUT2D eigenvalue weighted by molar-refractivity contribution is 0.0593. The summed E-state index contributed by atoms with van der Waals surface area (Å²) in [5.74, 6) is -0.873. The van der Waals surface area contributed by atoms with Gasteiger partial charge in [-0.05, 0) is 38.0 Å². The molecule has 136 valence electrons. The molecule has 1 amide bonds. The molecule has 26 heavy (non-hydrogen) atoms. The first kappa shape index (κ1) is 17.7. The van der Waals surface area contributed by atoms with Crippen molar-refractivity contribution in [2.24, 2.45) is 7.05 Å². The summed E-state index contributed by atoms with van der Waals surface area (Å²) in [7, 11) is 2.89. The predicted octanol–water partition coefficient (Wildman–Crippen LogP) is 2.54. The van der Waals surface area contributed by atoms with E-state index in [0.717, 1.165) is 22.3 Å². The van der Waals surface area contributed by atoms with Crippen LogP contribution in [0.1, 0.15) is 43.4 Å². The molecule has 0 spiro atoms. The second-order valence-corrected chi connectivity index (χ2v) is 6.43. The molecule has 0 fully saturated rings. The summed E-state index contributed by atoms with van der Waals surface area (Å²) in [6.45, 7) is 6.53. The molecule has 0 aliphatic carbocycles. The topological polar surface area (TPSA) is 89.0 Å². The first-order valence-corrected chi connectivity index (χ1v) is 8.30. The number of carbonyl (C=O) groups excluding carboxylic acids is 2. The van der Waals surface area contributed by atoms with Crippen LogP contribution in [0.3, 0.4) is 0 Å². The molecule has 2 aromatic heterocycles. The molecule has 0 unspecified atom stereocenters. The number of nitrogens with one attached hydrogen (secondary N) is 2. The first-order chi connectivity index (χ1) is 12.3. The lowest BCUT2D eigenvalue weighted by Gasteiger charge is -2.08. The van der Waals surface area contributed by atoms with Crippen LogP contribution in [0.15, 0.2) is 18.2 Å². The second kappa shape index (κ2) is 6.67. The largest absolute Gasteiger partial charge is 0.464 e. The van der Waals surface area contributed by atoms with E-state index in [4.69, 9.17) is 0 Å². The number of hydrogen-bond acceptors (Lipinski definition) is 4. The number of nitrogens with zero attached hydrogens (tertiary/aromatic N) is 2. The van der Waals surface area contributed by atoms with Crippen molar-refractivity contribution < 1.29 is 14.3 Å². The molecule has 0 atom stereocenters. The van der Waals surface area contributed by atoms with Crippen LogP contribution >= 0.6 is 0 Å². The number of hydrogen-bond donors (Lipinski definition) is 2. The van der Waals surface area contributed by atoms with E-state index in [1.807, 2.05) is 13.8 Å². The van der Waals surface area contributed by atoms with Crippen LogP contribution in [0.5, 0.6) is 0 Å². The number of H-pyrrole nitrogens is 1. The maximum atomic E-state index is 12.5. The second-order valence-electron chi connectivity index (χ2n) is 6.43. The van der Waals surface area contributed by atoms with Gasteiger partial charge in [0.05, 0.1) is 12.6 Å². The molecule has 1 aromatic carbocycles. The molecular formula is C19H22N4O3. The Morgan fingerprint density at radius 3 is 2.65 bits per heavy atom. The Labute approximate surface area is 151 Å². The van der Waals surface area contributed by atoms with E-state index in [2.05, 4.69) is 39.2 Å². The Kier molecular flexibility index (Phi) is 4.54. The van der Waals surface area contributed by atoms with Crippen LogP contribution in [-0.4, -0.2) is 33.8 Å². The van der Waals surface area contributed by atoms with Crippen LogP contribution in [0.25, 0.3) is 10.9 Å². The standard InChI is InChI=1S/C19H22N4O3/c1-10-6-13(17-14(7-10)11(2)12(3)21-17)9-20-18(24)16-8-15(19(25)26-5)22-23(16)4/h6-8,21H,9H2,1-5H3,(H,20,24). The van der Waals surface area contributed by atoms with Gasteiger partial charge in [0, 0.05) is 30.7 Å². The Balaban J connectivity index is 1.84. The minimum absolute atomic E-state index is 0.105. The molecule has 3 aromatic rings. The van der Waals surface area contributed by atoms with E-state index >= 15 is 0 Å². The van der Waals surface area contributed by atoms with E-state index in [1.165, 1.54) is 28.8 Å². The number of ether oxygens (including phenoxy) is 1. The molecule has 0 radical (unpaired) electrons. The summed E-state index contributed by atoms with van der Waals surface area (Å²) >= 11 is 0. The zero-order valence-electron chi connectivity index (χ0n) is 15.6. The average Bonchev–Trinajstić information content (AvgIpc) is 3.13. The lowest BCUT2D eigenvalue weighted by atomic mass is 10.0. The third-order valence-electron chi connectivity index (χ3n) is 4.59. The highest BCUT2D eigenvalue weighted by molar-refractivity contribution is 5.96. The molecule has 0 aliphatic heterocycles. The molecule has 2 heterocycles. The Hall–Kier alpha value is -3.09. The number of rotatable bonds is 4. The van der Waals surface area contributed by atoms with E-state index in [9.17, 15) is 9.59 Å². The first-order valence-electron chi connectivity index (χ1n) is 8.30. The summed E-state index contributed by atoms with van der Waals surface area (Å²) in [6.07, 6.45) is 0. The molecule has 0 bridgehead atoms. The highest BCUT2D eigenvalue weighted by Gasteiger charge is 2.18. The lowest BCUT2D eigenvalue weighted by Crippen LogP contribution is -2.25. The monoisotopic (exact) mass is 354 g/mol. The minimum Gasteiger partial charge on any atom is -0.464 e. The molecule has 7 heteroatoms. The zero-order valence-corrected chi connectivity index (χ0v) is 15.6. The number of benzene rings is 1. The summed E-state index contributed by atoms with van der Waals surface area (Å²) in [5.41, 5.74) is 5.92. The van der Waals surface area contributed by atoms with Crippen molar-refractivity contribution in [3.63, 3.8) is 0 Å². The van der Waals surface area contributed by atoms with Crippen molar-refractivity contribution in [3.8, 4) is 0 Å². The van der Waals surface area contributed by atoms with E-state index in [-0.39, 0.29) is 11.6 Å². The number of carbonyl (C=O) groups is 2. The number of amides is 1. The number of esters is 1. The summed E-state index contributed by atoms with van der Waals surface area (Å²) in [4.78, 5) is 27.5. The average molecular weight is 354 g/mol. The van der Waals surface area contributed by atoms with Gasteiger partial charge in [-0.3, -0.25) is 9.48 Å². The third-order valence-corrected chi connectivity index (χ3v) is 4.59. The number of aryl methyl sites for hydroxylation is 4. The quantitative estimate of drug-likeness (QED) is 0.705.